The Balaban J connectivity index is 1.98. The van der Waals surface area contributed by atoms with Crippen molar-refractivity contribution in [3.8, 4) is 5.75 Å². The molecule has 1 saturated heterocycles. The number of piperidine rings is 1. The van der Waals surface area contributed by atoms with Gasteiger partial charge in [0.25, 0.3) is 0 Å². The topological polar surface area (TPSA) is 99.2 Å². The molecule has 3 N–H and O–H groups in total. The standard InChI is InChI=1S/C16H24N6O2S/c1-4-24-13-14(17-12-9-10(2)20-21-12)18-16(25-3)19-15(13)22-7-5-11(23)6-8-22/h9,11,23H,4-8H2,1-3H3,(H2,17,18,19,20,21). The van der Waals surface area contributed by atoms with E-state index in [2.05, 4.69) is 30.4 Å². The maximum absolute atomic E-state index is 9.78. The zero-order chi connectivity index (χ0) is 17.8. The van der Waals surface area contributed by atoms with Crippen molar-refractivity contribution in [3.05, 3.63) is 11.8 Å². The van der Waals surface area contributed by atoms with E-state index in [1.54, 1.807) is 0 Å². The predicted molar refractivity (Wildman–Crippen MR) is 99.0 cm³/mol. The van der Waals surface area contributed by atoms with Crippen molar-refractivity contribution in [2.45, 2.75) is 37.9 Å². The first-order valence-electron chi connectivity index (χ1n) is 8.41. The highest BCUT2D eigenvalue weighted by atomic mass is 32.2. The average molecular weight is 364 g/mol. The summed E-state index contributed by atoms with van der Waals surface area (Å²) in [5.41, 5.74) is 0.963. The number of thioether (sulfide) groups is 1. The molecule has 136 valence electrons. The number of nitrogens with zero attached hydrogens (tertiary/aromatic N) is 4. The van der Waals surface area contributed by atoms with Gasteiger partial charge in [-0.1, -0.05) is 11.8 Å². The Morgan fingerprint density at radius 3 is 2.76 bits per heavy atom. The van der Waals surface area contributed by atoms with Gasteiger partial charge in [0.1, 0.15) is 0 Å². The van der Waals surface area contributed by atoms with Crippen LogP contribution in [0.5, 0.6) is 5.75 Å². The van der Waals surface area contributed by atoms with E-state index in [0.29, 0.717) is 29.1 Å². The molecule has 0 bridgehead atoms. The summed E-state index contributed by atoms with van der Waals surface area (Å²) < 4.78 is 5.89. The van der Waals surface area contributed by atoms with Crippen molar-refractivity contribution in [1.29, 1.82) is 0 Å². The maximum atomic E-state index is 9.78. The quantitative estimate of drug-likeness (QED) is 0.531. The largest absolute Gasteiger partial charge is 0.487 e. The van der Waals surface area contributed by atoms with Gasteiger partial charge in [0.05, 0.1) is 12.7 Å². The number of anilines is 3. The third kappa shape index (κ3) is 4.16. The minimum Gasteiger partial charge on any atom is -0.487 e. The van der Waals surface area contributed by atoms with Gasteiger partial charge in [0, 0.05) is 24.8 Å². The van der Waals surface area contributed by atoms with Crippen LogP contribution in [-0.4, -0.2) is 57.3 Å². The number of ether oxygens (including phenoxy) is 1. The van der Waals surface area contributed by atoms with Crippen LogP contribution < -0.4 is 15.0 Å². The fraction of sp³-hybridized carbons (Fsp3) is 0.562. The van der Waals surface area contributed by atoms with Crippen molar-refractivity contribution >= 4 is 29.2 Å². The Morgan fingerprint density at radius 1 is 1.40 bits per heavy atom. The summed E-state index contributed by atoms with van der Waals surface area (Å²) >= 11 is 1.48. The molecular formula is C16H24N6O2S. The molecule has 0 unspecified atom stereocenters. The Hall–Kier alpha value is -2.00. The van der Waals surface area contributed by atoms with E-state index in [1.165, 1.54) is 11.8 Å². The minimum absolute atomic E-state index is 0.238. The Kier molecular flexibility index (Phi) is 5.64. The number of rotatable bonds is 6. The van der Waals surface area contributed by atoms with Crippen LogP contribution in [0.25, 0.3) is 0 Å². The number of nitrogens with one attached hydrogen (secondary N) is 2. The summed E-state index contributed by atoms with van der Waals surface area (Å²) in [5, 5.41) is 20.8. The van der Waals surface area contributed by atoms with Crippen LogP contribution in [-0.2, 0) is 0 Å². The van der Waals surface area contributed by atoms with Crippen molar-refractivity contribution < 1.29 is 9.84 Å². The number of hydrogen-bond acceptors (Lipinski definition) is 8. The fourth-order valence-electron chi connectivity index (χ4n) is 2.77. The summed E-state index contributed by atoms with van der Waals surface area (Å²) in [6, 6.07) is 1.91. The number of H-pyrrole nitrogens is 1. The molecule has 0 spiro atoms. The van der Waals surface area contributed by atoms with E-state index in [4.69, 9.17) is 4.74 Å². The SMILES string of the molecule is CCOc1c(Nc2cc(C)[nH]n2)nc(SC)nc1N1CCC(O)CC1. The molecule has 0 saturated carbocycles. The summed E-state index contributed by atoms with van der Waals surface area (Å²) in [5.74, 6) is 2.68. The van der Waals surface area contributed by atoms with Crippen LogP contribution >= 0.6 is 11.8 Å². The van der Waals surface area contributed by atoms with Crippen molar-refractivity contribution in [2.75, 3.05) is 36.2 Å². The summed E-state index contributed by atoms with van der Waals surface area (Å²) in [7, 11) is 0. The highest BCUT2D eigenvalue weighted by Gasteiger charge is 2.25. The van der Waals surface area contributed by atoms with Gasteiger partial charge in [-0.15, -0.1) is 0 Å². The van der Waals surface area contributed by atoms with E-state index in [0.717, 1.165) is 37.4 Å². The molecule has 1 aliphatic heterocycles. The lowest BCUT2D eigenvalue weighted by Gasteiger charge is -2.32. The second-order valence-electron chi connectivity index (χ2n) is 5.92. The molecule has 0 aromatic carbocycles. The normalized spacial score (nSPS) is 15.4. The van der Waals surface area contributed by atoms with Crippen molar-refractivity contribution in [1.82, 2.24) is 20.2 Å². The van der Waals surface area contributed by atoms with Gasteiger partial charge in [-0.3, -0.25) is 5.10 Å². The van der Waals surface area contributed by atoms with Gasteiger partial charge >= 0.3 is 0 Å². The summed E-state index contributed by atoms with van der Waals surface area (Å²) in [6.45, 7) is 5.88. The second kappa shape index (κ2) is 7.92. The van der Waals surface area contributed by atoms with Crippen LogP contribution in [0.2, 0.25) is 0 Å². The molecule has 1 aliphatic rings. The number of aliphatic hydroxyl groups excluding tert-OH is 1. The predicted octanol–water partition coefficient (Wildman–Crippen LogP) is 2.33. The van der Waals surface area contributed by atoms with Gasteiger partial charge in [-0.05, 0) is 32.9 Å². The summed E-state index contributed by atoms with van der Waals surface area (Å²) in [6.07, 6.45) is 3.16. The molecular weight excluding hydrogens is 340 g/mol. The molecule has 8 nitrogen and oxygen atoms in total. The number of aromatic amines is 1. The zero-order valence-electron chi connectivity index (χ0n) is 14.7. The molecule has 1 fully saturated rings. The highest BCUT2D eigenvalue weighted by molar-refractivity contribution is 7.98. The van der Waals surface area contributed by atoms with Gasteiger partial charge in [0.2, 0.25) is 5.75 Å². The minimum atomic E-state index is -0.238. The summed E-state index contributed by atoms with van der Waals surface area (Å²) in [4.78, 5) is 11.4. The molecule has 9 heteroatoms. The smallest absolute Gasteiger partial charge is 0.205 e. The van der Waals surface area contributed by atoms with Gasteiger partial charge in [-0.25, -0.2) is 9.97 Å². The van der Waals surface area contributed by atoms with Crippen LogP contribution in [0, 0.1) is 6.92 Å². The van der Waals surface area contributed by atoms with Gasteiger partial charge in [0.15, 0.2) is 22.6 Å². The second-order valence-corrected chi connectivity index (χ2v) is 6.70. The van der Waals surface area contributed by atoms with E-state index in [9.17, 15) is 5.11 Å². The Bertz CT molecular complexity index is 715. The number of aryl methyl sites for hydroxylation is 1. The van der Waals surface area contributed by atoms with Crippen LogP contribution in [0.1, 0.15) is 25.5 Å². The number of hydrogen-bond donors (Lipinski definition) is 3. The lowest BCUT2D eigenvalue weighted by atomic mass is 10.1. The fourth-order valence-corrected chi connectivity index (χ4v) is 3.13. The number of aliphatic hydroxyl groups is 1. The third-order valence-electron chi connectivity index (χ3n) is 4.01. The molecule has 2 aromatic rings. The highest BCUT2D eigenvalue weighted by Crippen LogP contribution is 2.37. The first-order valence-corrected chi connectivity index (χ1v) is 9.64. The van der Waals surface area contributed by atoms with Crippen LogP contribution in [0.15, 0.2) is 11.2 Å². The molecule has 3 heterocycles. The Labute approximate surface area is 151 Å². The van der Waals surface area contributed by atoms with E-state index in [1.807, 2.05) is 26.2 Å². The lowest BCUT2D eigenvalue weighted by Crippen LogP contribution is -2.36. The third-order valence-corrected chi connectivity index (χ3v) is 4.56. The van der Waals surface area contributed by atoms with E-state index < -0.39 is 0 Å². The van der Waals surface area contributed by atoms with Gasteiger partial charge < -0.3 is 20.1 Å². The molecule has 2 aromatic heterocycles. The monoisotopic (exact) mass is 364 g/mol. The average Bonchev–Trinajstić information content (AvgIpc) is 3.02. The van der Waals surface area contributed by atoms with Crippen LogP contribution in [0.3, 0.4) is 0 Å². The Morgan fingerprint density at radius 2 is 2.16 bits per heavy atom. The van der Waals surface area contributed by atoms with E-state index >= 15 is 0 Å². The van der Waals surface area contributed by atoms with Crippen molar-refractivity contribution in [2.24, 2.45) is 0 Å². The molecule has 0 aliphatic carbocycles. The first-order chi connectivity index (χ1) is 12.1. The van der Waals surface area contributed by atoms with Crippen LogP contribution in [0.4, 0.5) is 17.5 Å². The maximum Gasteiger partial charge on any atom is 0.205 e. The molecule has 25 heavy (non-hydrogen) atoms. The number of aromatic nitrogens is 4. The van der Waals surface area contributed by atoms with Gasteiger partial charge in [-0.2, -0.15) is 5.10 Å². The lowest BCUT2D eigenvalue weighted by molar-refractivity contribution is 0.145. The molecule has 0 radical (unpaired) electrons. The zero-order valence-corrected chi connectivity index (χ0v) is 15.6. The van der Waals surface area contributed by atoms with Crippen molar-refractivity contribution in [3.63, 3.8) is 0 Å². The van der Waals surface area contributed by atoms with E-state index in [-0.39, 0.29) is 6.10 Å². The molecule has 3 rings (SSSR count). The first kappa shape index (κ1) is 17.8. The molecule has 0 atom stereocenters. The molecule has 0 amide bonds.